The third kappa shape index (κ3) is 7.59. The minimum Gasteiger partial charge on any atom is -0.389 e. The Morgan fingerprint density at radius 3 is 2.46 bits per heavy atom. The summed E-state index contributed by atoms with van der Waals surface area (Å²) in [6, 6.07) is 3.43. The van der Waals surface area contributed by atoms with E-state index < -0.39 is 15.7 Å². The number of rotatable bonds is 4. The third-order valence-electron chi connectivity index (χ3n) is 2.50. The van der Waals surface area contributed by atoms with Crippen molar-refractivity contribution in [3.63, 3.8) is 0 Å². The summed E-state index contributed by atoms with van der Waals surface area (Å²) in [5.74, 6) is 0. The predicted octanol–water partition coefficient (Wildman–Crippen LogP) is 4.53. The first kappa shape index (κ1) is 20.9. The molecule has 2 N–H and O–H groups in total. The van der Waals surface area contributed by atoms with Crippen LogP contribution in [-0.2, 0) is 4.57 Å². The van der Waals surface area contributed by atoms with Gasteiger partial charge in [0.1, 0.15) is 17.4 Å². The van der Waals surface area contributed by atoms with Gasteiger partial charge >= 0.3 is 10.9 Å². The lowest BCUT2D eigenvalue weighted by molar-refractivity contribution is -0.384. The van der Waals surface area contributed by atoms with Crippen molar-refractivity contribution >= 4 is 61.3 Å². The Labute approximate surface area is 152 Å². The van der Waals surface area contributed by atoms with Crippen LogP contribution in [0.5, 0.6) is 0 Å². The summed E-state index contributed by atoms with van der Waals surface area (Å²) in [5.41, 5.74) is 0.110. The molecule has 0 bridgehead atoms. The smallest absolute Gasteiger partial charge is 0.339 e. The highest BCUT2D eigenvalue weighted by Gasteiger charge is 2.21. The van der Waals surface area contributed by atoms with E-state index in [9.17, 15) is 19.8 Å². The summed E-state index contributed by atoms with van der Waals surface area (Å²) in [7, 11) is 0. The van der Waals surface area contributed by atoms with Gasteiger partial charge in [0.05, 0.1) is 16.0 Å². The van der Waals surface area contributed by atoms with Gasteiger partial charge in [0.15, 0.2) is 0 Å². The quantitative estimate of drug-likeness (QED) is 0.428. The molecule has 0 atom stereocenters. The van der Waals surface area contributed by atoms with Gasteiger partial charge in [-0.1, -0.05) is 0 Å². The number of hydrogen-bond acceptors (Lipinski definition) is 7. The summed E-state index contributed by atoms with van der Waals surface area (Å²) < 4.78 is 9.51. The Hall–Kier alpha value is -1.18. The van der Waals surface area contributed by atoms with Crippen LogP contribution in [0.3, 0.4) is 0 Å². The number of aliphatic hydroxyl groups is 1. The van der Waals surface area contributed by atoms with Crippen LogP contribution in [-0.4, -0.2) is 32.1 Å². The van der Waals surface area contributed by atoms with Crippen molar-refractivity contribution < 1.29 is 14.6 Å². The van der Waals surface area contributed by atoms with Gasteiger partial charge in [-0.25, -0.2) is 4.98 Å². The molecule has 2 heterocycles. The van der Waals surface area contributed by atoms with E-state index in [-0.39, 0.29) is 17.9 Å². The molecule has 0 unspecified atom stereocenters. The lowest BCUT2D eigenvalue weighted by atomic mass is 10.1. The molecule has 132 valence electrons. The van der Waals surface area contributed by atoms with E-state index >= 15 is 0 Å². The summed E-state index contributed by atoms with van der Waals surface area (Å²) >= 11 is 13.8. The van der Waals surface area contributed by atoms with Gasteiger partial charge in [0, 0.05) is 12.7 Å². The molecular formula is C12H14Cl3N4O4P. The van der Waals surface area contributed by atoms with Crippen molar-refractivity contribution in [2.45, 2.75) is 19.4 Å². The molecule has 0 amide bonds. The lowest BCUT2D eigenvalue weighted by Gasteiger charge is -2.18. The number of pyridine rings is 2. The molecule has 0 aromatic carbocycles. The Kier molecular flexibility index (Phi) is 7.19. The molecule has 8 nitrogen and oxygen atoms in total. The molecule has 0 aliphatic heterocycles. The second-order valence-corrected chi connectivity index (χ2v) is 11.9. The molecule has 0 aliphatic carbocycles. The molecule has 2 aromatic heterocycles. The maximum absolute atomic E-state index is 11.0. The highest BCUT2D eigenvalue weighted by atomic mass is 36.0. The molecule has 0 fully saturated rings. The third-order valence-corrected chi connectivity index (χ3v) is 2.50. The fourth-order valence-corrected chi connectivity index (χ4v) is 1.63. The van der Waals surface area contributed by atoms with Crippen LogP contribution in [0.25, 0.3) is 11.0 Å². The van der Waals surface area contributed by atoms with Gasteiger partial charge in [-0.05, 0) is 59.7 Å². The van der Waals surface area contributed by atoms with E-state index in [1.807, 2.05) is 0 Å². The largest absolute Gasteiger partial charge is 0.389 e. The number of anilines is 1. The SMILES string of the molecule is CC(C)(O)CNc1c([N+](=O)[O-])cnc2cccnc12.O=P(Cl)(Cl)Cl. The summed E-state index contributed by atoms with van der Waals surface area (Å²) in [6.45, 7) is 3.40. The monoisotopic (exact) mass is 414 g/mol. The molecule has 0 spiro atoms. The number of nitro groups is 1. The topological polar surface area (TPSA) is 118 Å². The number of nitrogens with zero attached hydrogens (tertiary/aromatic N) is 3. The van der Waals surface area contributed by atoms with Crippen LogP contribution in [0.1, 0.15) is 13.8 Å². The van der Waals surface area contributed by atoms with Crippen molar-refractivity contribution in [1.82, 2.24) is 9.97 Å². The van der Waals surface area contributed by atoms with Crippen molar-refractivity contribution in [1.29, 1.82) is 0 Å². The lowest BCUT2D eigenvalue weighted by Crippen LogP contribution is -2.29. The molecule has 12 heteroatoms. The van der Waals surface area contributed by atoms with Gasteiger partial charge in [-0.2, -0.15) is 0 Å². The molecule has 0 radical (unpaired) electrons. The van der Waals surface area contributed by atoms with Crippen LogP contribution in [0.2, 0.25) is 0 Å². The number of nitrogens with one attached hydrogen (secondary N) is 1. The molecule has 0 saturated heterocycles. The fraction of sp³-hybridized carbons (Fsp3) is 0.333. The molecule has 2 aromatic rings. The number of fused-ring (bicyclic) bond motifs is 1. The average molecular weight is 416 g/mol. The molecule has 24 heavy (non-hydrogen) atoms. The first-order valence-electron chi connectivity index (χ1n) is 6.42. The number of hydrogen-bond donors (Lipinski definition) is 2. The van der Waals surface area contributed by atoms with E-state index in [4.69, 9.17) is 0 Å². The summed E-state index contributed by atoms with van der Waals surface area (Å²) in [4.78, 5) is 18.6. The Morgan fingerprint density at radius 1 is 1.38 bits per heavy atom. The first-order valence-corrected chi connectivity index (χ1v) is 10.8. The Morgan fingerprint density at radius 2 is 1.96 bits per heavy atom. The second-order valence-electron chi connectivity index (χ2n) is 5.21. The molecule has 0 saturated carbocycles. The van der Waals surface area contributed by atoms with Crippen molar-refractivity contribution in [2.24, 2.45) is 0 Å². The van der Waals surface area contributed by atoms with E-state index in [0.29, 0.717) is 11.0 Å². The van der Waals surface area contributed by atoms with Gasteiger partial charge in [-0.15, -0.1) is 0 Å². The predicted molar refractivity (Wildman–Crippen MR) is 96.1 cm³/mol. The second kappa shape index (κ2) is 8.27. The normalized spacial score (nSPS) is 11.6. The maximum atomic E-state index is 11.0. The average Bonchev–Trinajstić information content (AvgIpc) is 2.41. The van der Waals surface area contributed by atoms with E-state index in [2.05, 4.69) is 49.0 Å². The van der Waals surface area contributed by atoms with Crippen molar-refractivity contribution in [2.75, 3.05) is 11.9 Å². The minimum absolute atomic E-state index is 0.157. The molecule has 2 rings (SSSR count). The van der Waals surface area contributed by atoms with E-state index in [1.54, 1.807) is 32.2 Å². The zero-order valence-electron chi connectivity index (χ0n) is 12.6. The molecular weight excluding hydrogens is 401 g/mol. The molecule has 0 aliphatic rings. The standard InChI is InChI=1S/C12H14N4O3.Cl3OP/c1-12(2,17)7-15-11-9(16(18)19)6-14-8-4-3-5-13-10(8)11;1-5(2,3)4/h3-6,17H,7H2,1-2H3,(H,14,15);. The summed E-state index contributed by atoms with van der Waals surface area (Å²) in [5, 5.41) is 20.4. The Bertz CT molecular complexity index is 770. The maximum Gasteiger partial charge on any atom is 0.339 e. The van der Waals surface area contributed by atoms with Gasteiger partial charge in [0.2, 0.25) is 0 Å². The zero-order chi connectivity index (χ0) is 18.5. The van der Waals surface area contributed by atoms with Crippen LogP contribution in [0.4, 0.5) is 11.4 Å². The Balaban J connectivity index is 0.000000505. The van der Waals surface area contributed by atoms with Crippen LogP contribution in [0, 0.1) is 10.1 Å². The van der Waals surface area contributed by atoms with Crippen LogP contribution in [0.15, 0.2) is 24.5 Å². The van der Waals surface area contributed by atoms with Gasteiger partial charge in [0.25, 0.3) is 0 Å². The number of aromatic nitrogens is 2. The van der Waals surface area contributed by atoms with Gasteiger partial charge < -0.3 is 10.4 Å². The van der Waals surface area contributed by atoms with Gasteiger partial charge in [-0.3, -0.25) is 19.7 Å². The van der Waals surface area contributed by atoms with Crippen LogP contribution < -0.4 is 5.32 Å². The van der Waals surface area contributed by atoms with E-state index in [1.165, 1.54) is 6.20 Å². The van der Waals surface area contributed by atoms with Crippen LogP contribution >= 0.6 is 38.9 Å². The van der Waals surface area contributed by atoms with E-state index in [0.717, 1.165) is 0 Å². The number of halogens is 3. The summed E-state index contributed by atoms with van der Waals surface area (Å²) in [6.07, 6.45) is 2.74. The zero-order valence-corrected chi connectivity index (χ0v) is 15.8. The minimum atomic E-state index is -3.22. The van der Waals surface area contributed by atoms with Crippen molar-refractivity contribution in [3.05, 3.63) is 34.6 Å². The first-order chi connectivity index (χ1) is 10.9. The fourth-order valence-electron chi connectivity index (χ4n) is 1.63. The van der Waals surface area contributed by atoms with Crippen molar-refractivity contribution in [3.8, 4) is 0 Å². The highest BCUT2D eigenvalue weighted by molar-refractivity contribution is 8.24. The highest BCUT2D eigenvalue weighted by Crippen LogP contribution is 2.61.